The highest BCUT2D eigenvalue weighted by molar-refractivity contribution is 5.15. The summed E-state index contributed by atoms with van der Waals surface area (Å²) >= 11 is 0. The molecule has 0 amide bonds. The van der Waals surface area contributed by atoms with Gasteiger partial charge in [0, 0.05) is 23.9 Å². The molecule has 1 rings (SSSR count). The topological polar surface area (TPSA) is 38.9 Å². The van der Waals surface area contributed by atoms with Crippen LogP contribution in [0, 0.1) is 0 Å². The van der Waals surface area contributed by atoms with Crippen molar-refractivity contribution in [3.05, 3.63) is 30.1 Å². The minimum absolute atomic E-state index is 0.0429. The minimum Gasteiger partial charge on any atom is -0.330 e. The van der Waals surface area contributed by atoms with Gasteiger partial charge in [-0.3, -0.25) is 4.98 Å². The average Bonchev–Trinajstić information content (AvgIpc) is 2.18. The summed E-state index contributed by atoms with van der Waals surface area (Å²) in [6, 6.07) is 5.97. The van der Waals surface area contributed by atoms with E-state index in [0.29, 0.717) is 6.54 Å². The molecule has 1 atom stereocenters. The molecule has 66 valence electrons. The van der Waals surface area contributed by atoms with E-state index in [1.165, 1.54) is 0 Å². The minimum atomic E-state index is 0.0429. The molecule has 0 bridgehead atoms. The monoisotopic (exact) mass is 164 g/mol. The van der Waals surface area contributed by atoms with Crippen molar-refractivity contribution in [3.63, 3.8) is 0 Å². The predicted molar refractivity (Wildman–Crippen MR) is 50.9 cm³/mol. The normalized spacial score (nSPS) is 15.6. The molecule has 0 aliphatic rings. The third-order valence-electron chi connectivity index (χ3n) is 2.51. The van der Waals surface area contributed by atoms with Crippen LogP contribution < -0.4 is 5.73 Å². The molecule has 2 N–H and O–H groups in total. The first kappa shape index (κ1) is 9.20. The van der Waals surface area contributed by atoms with E-state index in [1.807, 2.05) is 24.4 Å². The summed E-state index contributed by atoms with van der Waals surface area (Å²) in [6.45, 7) is 4.94. The summed E-state index contributed by atoms with van der Waals surface area (Å²) in [7, 11) is 0. The van der Waals surface area contributed by atoms with Crippen LogP contribution in [0.5, 0.6) is 0 Å². The second kappa shape index (κ2) is 3.68. The number of rotatable bonds is 3. The van der Waals surface area contributed by atoms with Crippen molar-refractivity contribution in [2.75, 3.05) is 6.54 Å². The van der Waals surface area contributed by atoms with Crippen LogP contribution in [0.3, 0.4) is 0 Å². The van der Waals surface area contributed by atoms with Gasteiger partial charge in [0.25, 0.3) is 0 Å². The van der Waals surface area contributed by atoms with E-state index in [9.17, 15) is 0 Å². The molecule has 0 saturated carbocycles. The Kier molecular flexibility index (Phi) is 2.82. The van der Waals surface area contributed by atoms with Crippen LogP contribution in [0.15, 0.2) is 24.4 Å². The lowest BCUT2D eigenvalue weighted by atomic mass is 9.84. The quantitative estimate of drug-likeness (QED) is 0.738. The Hall–Kier alpha value is -0.890. The highest BCUT2D eigenvalue weighted by atomic mass is 14.7. The van der Waals surface area contributed by atoms with E-state index in [0.717, 1.165) is 12.1 Å². The molecule has 0 aliphatic heterocycles. The van der Waals surface area contributed by atoms with Gasteiger partial charge in [0.1, 0.15) is 0 Å². The fourth-order valence-electron chi connectivity index (χ4n) is 1.15. The van der Waals surface area contributed by atoms with Gasteiger partial charge in [-0.15, -0.1) is 0 Å². The smallest absolute Gasteiger partial charge is 0.0475 e. The maximum absolute atomic E-state index is 5.71. The molecule has 12 heavy (non-hydrogen) atoms. The van der Waals surface area contributed by atoms with E-state index in [2.05, 4.69) is 18.8 Å². The van der Waals surface area contributed by atoms with Gasteiger partial charge in [0.15, 0.2) is 0 Å². The van der Waals surface area contributed by atoms with E-state index in [4.69, 9.17) is 5.73 Å². The van der Waals surface area contributed by atoms with E-state index < -0.39 is 0 Å². The van der Waals surface area contributed by atoms with Crippen molar-refractivity contribution in [1.29, 1.82) is 0 Å². The molecule has 0 spiro atoms. The summed E-state index contributed by atoms with van der Waals surface area (Å²) in [4.78, 5) is 4.31. The number of hydrogen-bond donors (Lipinski definition) is 1. The standard InChI is InChI=1S/C10H16N2/c1-3-10(2,8-11)9-6-4-5-7-12-9/h4-7H,3,8,11H2,1-2H3. The highest BCUT2D eigenvalue weighted by Gasteiger charge is 2.23. The fourth-order valence-corrected chi connectivity index (χ4v) is 1.15. The van der Waals surface area contributed by atoms with Gasteiger partial charge < -0.3 is 5.73 Å². The largest absolute Gasteiger partial charge is 0.330 e. The van der Waals surface area contributed by atoms with Crippen molar-refractivity contribution in [2.45, 2.75) is 25.7 Å². The lowest BCUT2D eigenvalue weighted by molar-refractivity contribution is 0.453. The highest BCUT2D eigenvalue weighted by Crippen LogP contribution is 2.23. The lowest BCUT2D eigenvalue weighted by Gasteiger charge is -2.25. The Balaban J connectivity index is 2.95. The van der Waals surface area contributed by atoms with Crippen molar-refractivity contribution < 1.29 is 0 Å². The van der Waals surface area contributed by atoms with Crippen LogP contribution in [-0.2, 0) is 5.41 Å². The maximum atomic E-state index is 5.71. The van der Waals surface area contributed by atoms with Gasteiger partial charge >= 0.3 is 0 Å². The SMILES string of the molecule is CCC(C)(CN)c1ccccn1. The zero-order valence-electron chi connectivity index (χ0n) is 7.75. The van der Waals surface area contributed by atoms with Gasteiger partial charge in [-0.25, -0.2) is 0 Å². The van der Waals surface area contributed by atoms with Crippen LogP contribution >= 0.6 is 0 Å². The Morgan fingerprint density at radius 2 is 2.25 bits per heavy atom. The Morgan fingerprint density at radius 1 is 1.50 bits per heavy atom. The molecule has 0 aromatic carbocycles. The molecule has 0 radical (unpaired) electrons. The number of nitrogens with zero attached hydrogens (tertiary/aromatic N) is 1. The Labute approximate surface area is 73.8 Å². The number of hydrogen-bond acceptors (Lipinski definition) is 2. The zero-order valence-corrected chi connectivity index (χ0v) is 7.75. The molecule has 1 aromatic rings. The second-order valence-corrected chi connectivity index (χ2v) is 3.33. The number of aromatic nitrogens is 1. The summed E-state index contributed by atoms with van der Waals surface area (Å²) < 4.78 is 0. The van der Waals surface area contributed by atoms with Crippen molar-refractivity contribution in [3.8, 4) is 0 Å². The number of pyridine rings is 1. The third kappa shape index (κ3) is 1.64. The van der Waals surface area contributed by atoms with Crippen molar-refractivity contribution in [1.82, 2.24) is 4.98 Å². The van der Waals surface area contributed by atoms with Crippen molar-refractivity contribution in [2.24, 2.45) is 5.73 Å². The molecule has 0 saturated heterocycles. The first-order chi connectivity index (χ1) is 5.73. The molecule has 2 nitrogen and oxygen atoms in total. The first-order valence-corrected chi connectivity index (χ1v) is 4.34. The van der Waals surface area contributed by atoms with Gasteiger partial charge in [-0.1, -0.05) is 19.9 Å². The summed E-state index contributed by atoms with van der Waals surface area (Å²) in [5.41, 5.74) is 6.85. The maximum Gasteiger partial charge on any atom is 0.0475 e. The lowest BCUT2D eigenvalue weighted by Crippen LogP contribution is -2.31. The second-order valence-electron chi connectivity index (χ2n) is 3.33. The molecule has 1 heterocycles. The molecule has 1 unspecified atom stereocenters. The molecule has 0 fully saturated rings. The van der Waals surface area contributed by atoms with Crippen molar-refractivity contribution >= 4 is 0 Å². The molecule has 2 heteroatoms. The van der Waals surface area contributed by atoms with Gasteiger partial charge in [0.05, 0.1) is 0 Å². The number of nitrogens with two attached hydrogens (primary N) is 1. The molecule has 0 aliphatic carbocycles. The average molecular weight is 164 g/mol. The van der Waals surface area contributed by atoms with Crippen LogP contribution in [-0.4, -0.2) is 11.5 Å². The first-order valence-electron chi connectivity index (χ1n) is 4.34. The van der Waals surface area contributed by atoms with Gasteiger partial charge in [-0.2, -0.15) is 0 Å². The van der Waals surface area contributed by atoms with E-state index >= 15 is 0 Å². The Morgan fingerprint density at radius 3 is 2.67 bits per heavy atom. The summed E-state index contributed by atoms with van der Waals surface area (Å²) in [6.07, 6.45) is 2.85. The van der Waals surface area contributed by atoms with Gasteiger partial charge in [0.2, 0.25) is 0 Å². The van der Waals surface area contributed by atoms with E-state index in [-0.39, 0.29) is 5.41 Å². The van der Waals surface area contributed by atoms with Crippen LogP contribution in [0.4, 0.5) is 0 Å². The fraction of sp³-hybridized carbons (Fsp3) is 0.500. The summed E-state index contributed by atoms with van der Waals surface area (Å²) in [5, 5.41) is 0. The molecular weight excluding hydrogens is 148 g/mol. The zero-order chi connectivity index (χ0) is 9.03. The molecule has 1 aromatic heterocycles. The molecular formula is C10H16N2. The third-order valence-corrected chi connectivity index (χ3v) is 2.51. The van der Waals surface area contributed by atoms with Crippen LogP contribution in [0.25, 0.3) is 0 Å². The summed E-state index contributed by atoms with van der Waals surface area (Å²) in [5.74, 6) is 0. The van der Waals surface area contributed by atoms with Crippen LogP contribution in [0.2, 0.25) is 0 Å². The van der Waals surface area contributed by atoms with E-state index in [1.54, 1.807) is 0 Å². The van der Waals surface area contributed by atoms with Gasteiger partial charge in [-0.05, 0) is 18.6 Å². The predicted octanol–water partition coefficient (Wildman–Crippen LogP) is 1.71. The Bertz CT molecular complexity index is 227. The van der Waals surface area contributed by atoms with Crippen LogP contribution in [0.1, 0.15) is 26.0 Å².